The normalized spacial score (nSPS) is 12.2. The number of hydrogen-bond acceptors (Lipinski definition) is 1. The molecule has 18 heavy (non-hydrogen) atoms. The molecule has 1 nitrogen and oxygen atoms in total. The van der Waals surface area contributed by atoms with Crippen molar-refractivity contribution < 1.29 is 0 Å². The first-order chi connectivity index (χ1) is 8.66. The van der Waals surface area contributed by atoms with E-state index in [1.807, 2.05) is 0 Å². The van der Waals surface area contributed by atoms with Crippen LogP contribution in [-0.4, -0.2) is 6.54 Å². The Hall–Kier alpha value is -1.28. The standard InChI is InChI=1S/C16H18BrN/c1-12-10-15(8-9-16(12)17)18-11-13(2)14-6-4-3-5-7-14/h3-10,13,18H,11H2,1-2H3. The highest BCUT2D eigenvalue weighted by molar-refractivity contribution is 9.10. The highest BCUT2D eigenvalue weighted by atomic mass is 79.9. The maximum atomic E-state index is 3.52. The molecule has 1 atom stereocenters. The summed E-state index contributed by atoms with van der Waals surface area (Å²) in [6.45, 7) is 5.30. The van der Waals surface area contributed by atoms with Gasteiger partial charge in [0.25, 0.3) is 0 Å². The Balaban J connectivity index is 1.97. The highest BCUT2D eigenvalue weighted by Crippen LogP contribution is 2.21. The molecule has 0 aliphatic rings. The van der Waals surface area contributed by atoms with Gasteiger partial charge in [-0.05, 0) is 42.2 Å². The van der Waals surface area contributed by atoms with Crippen LogP contribution in [0.5, 0.6) is 0 Å². The maximum Gasteiger partial charge on any atom is 0.0343 e. The van der Waals surface area contributed by atoms with Crippen LogP contribution in [0.2, 0.25) is 0 Å². The first-order valence-corrected chi connectivity index (χ1v) is 7.01. The van der Waals surface area contributed by atoms with E-state index in [2.05, 4.69) is 83.6 Å². The molecule has 0 aliphatic heterocycles. The van der Waals surface area contributed by atoms with Gasteiger partial charge in [0.05, 0.1) is 0 Å². The third-order valence-electron chi connectivity index (χ3n) is 3.14. The minimum Gasteiger partial charge on any atom is -0.384 e. The van der Waals surface area contributed by atoms with E-state index >= 15 is 0 Å². The molecule has 94 valence electrons. The summed E-state index contributed by atoms with van der Waals surface area (Å²) < 4.78 is 1.16. The van der Waals surface area contributed by atoms with Gasteiger partial charge in [0.15, 0.2) is 0 Å². The lowest BCUT2D eigenvalue weighted by molar-refractivity contribution is 0.805. The third kappa shape index (κ3) is 3.36. The van der Waals surface area contributed by atoms with Crippen molar-refractivity contribution in [2.75, 3.05) is 11.9 Å². The molecular weight excluding hydrogens is 286 g/mol. The summed E-state index contributed by atoms with van der Waals surface area (Å²) in [5.41, 5.74) is 3.81. The molecule has 0 saturated heterocycles. The number of anilines is 1. The fourth-order valence-corrected chi connectivity index (χ4v) is 2.17. The van der Waals surface area contributed by atoms with Gasteiger partial charge in [0, 0.05) is 16.7 Å². The monoisotopic (exact) mass is 303 g/mol. The topological polar surface area (TPSA) is 12.0 Å². The number of nitrogens with one attached hydrogen (secondary N) is 1. The van der Waals surface area contributed by atoms with Crippen LogP contribution >= 0.6 is 15.9 Å². The van der Waals surface area contributed by atoms with Crippen molar-refractivity contribution in [3.8, 4) is 0 Å². The Morgan fingerprint density at radius 3 is 2.50 bits per heavy atom. The minimum atomic E-state index is 0.509. The summed E-state index contributed by atoms with van der Waals surface area (Å²) in [6, 6.07) is 17.0. The first kappa shape index (κ1) is 13.2. The summed E-state index contributed by atoms with van der Waals surface area (Å²) in [7, 11) is 0. The first-order valence-electron chi connectivity index (χ1n) is 6.22. The second-order valence-corrected chi connectivity index (χ2v) is 5.51. The molecule has 2 aromatic carbocycles. The molecule has 0 bridgehead atoms. The van der Waals surface area contributed by atoms with Crippen molar-refractivity contribution in [2.45, 2.75) is 19.8 Å². The molecule has 0 fully saturated rings. The average molecular weight is 304 g/mol. The molecule has 0 heterocycles. The molecule has 0 saturated carbocycles. The average Bonchev–Trinajstić information content (AvgIpc) is 2.41. The van der Waals surface area contributed by atoms with Crippen LogP contribution in [0.25, 0.3) is 0 Å². The molecule has 0 radical (unpaired) electrons. The zero-order valence-corrected chi connectivity index (χ0v) is 12.4. The number of rotatable bonds is 4. The number of aryl methyl sites for hydroxylation is 1. The Kier molecular flexibility index (Phi) is 4.43. The number of hydrogen-bond donors (Lipinski definition) is 1. The zero-order valence-electron chi connectivity index (χ0n) is 10.8. The van der Waals surface area contributed by atoms with E-state index in [0.717, 1.165) is 11.0 Å². The van der Waals surface area contributed by atoms with E-state index in [1.165, 1.54) is 16.8 Å². The van der Waals surface area contributed by atoms with Gasteiger partial charge in [-0.2, -0.15) is 0 Å². The van der Waals surface area contributed by atoms with Gasteiger partial charge in [-0.15, -0.1) is 0 Å². The second kappa shape index (κ2) is 6.05. The Bertz CT molecular complexity index is 508. The zero-order chi connectivity index (χ0) is 13.0. The molecule has 2 rings (SSSR count). The van der Waals surface area contributed by atoms with Crippen molar-refractivity contribution in [3.63, 3.8) is 0 Å². The lowest BCUT2D eigenvalue weighted by Crippen LogP contribution is -2.09. The van der Waals surface area contributed by atoms with E-state index in [4.69, 9.17) is 0 Å². The van der Waals surface area contributed by atoms with Gasteiger partial charge >= 0.3 is 0 Å². The number of benzene rings is 2. The molecule has 0 aliphatic carbocycles. The van der Waals surface area contributed by atoms with Crippen molar-refractivity contribution in [2.24, 2.45) is 0 Å². The van der Waals surface area contributed by atoms with Crippen molar-refractivity contribution >= 4 is 21.6 Å². The van der Waals surface area contributed by atoms with E-state index in [1.54, 1.807) is 0 Å². The molecular formula is C16H18BrN. The van der Waals surface area contributed by atoms with Crippen molar-refractivity contribution in [3.05, 3.63) is 64.1 Å². The van der Waals surface area contributed by atoms with Gasteiger partial charge in [-0.1, -0.05) is 53.2 Å². The van der Waals surface area contributed by atoms with Gasteiger partial charge in [0.1, 0.15) is 0 Å². The van der Waals surface area contributed by atoms with E-state index < -0.39 is 0 Å². The van der Waals surface area contributed by atoms with Crippen LogP contribution in [0.3, 0.4) is 0 Å². The molecule has 0 amide bonds. The highest BCUT2D eigenvalue weighted by Gasteiger charge is 2.04. The maximum absolute atomic E-state index is 3.52. The van der Waals surface area contributed by atoms with Crippen molar-refractivity contribution in [1.82, 2.24) is 0 Å². The molecule has 2 aromatic rings. The van der Waals surface area contributed by atoms with E-state index in [9.17, 15) is 0 Å². The SMILES string of the molecule is Cc1cc(NCC(C)c2ccccc2)ccc1Br. The number of halogens is 1. The van der Waals surface area contributed by atoms with Crippen LogP contribution in [0.4, 0.5) is 5.69 Å². The largest absolute Gasteiger partial charge is 0.384 e. The summed E-state index contributed by atoms with van der Waals surface area (Å²) in [6.07, 6.45) is 0. The van der Waals surface area contributed by atoms with Gasteiger partial charge in [-0.3, -0.25) is 0 Å². The van der Waals surface area contributed by atoms with Crippen LogP contribution < -0.4 is 5.32 Å². The molecule has 0 aromatic heterocycles. The molecule has 1 N–H and O–H groups in total. The van der Waals surface area contributed by atoms with E-state index in [0.29, 0.717) is 5.92 Å². The van der Waals surface area contributed by atoms with Crippen LogP contribution in [0, 0.1) is 6.92 Å². The quantitative estimate of drug-likeness (QED) is 0.840. The Labute approximate surface area is 117 Å². The molecule has 1 unspecified atom stereocenters. The fourth-order valence-electron chi connectivity index (χ4n) is 1.93. The summed E-state index contributed by atoms with van der Waals surface area (Å²) in [4.78, 5) is 0. The van der Waals surface area contributed by atoms with Crippen LogP contribution in [-0.2, 0) is 0 Å². The molecule has 0 spiro atoms. The van der Waals surface area contributed by atoms with Crippen LogP contribution in [0.15, 0.2) is 53.0 Å². The van der Waals surface area contributed by atoms with Crippen LogP contribution in [0.1, 0.15) is 24.0 Å². The Morgan fingerprint density at radius 1 is 1.11 bits per heavy atom. The predicted molar refractivity (Wildman–Crippen MR) is 82.2 cm³/mol. The predicted octanol–water partition coefficient (Wildman–Crippen LogP) is 4.97. The lowest BCUT2D eigenvalue weighted by atomic mass is 10.0. The van der Waals surface area contributed by atoms with E-state index in [-0.39, 0.29) is 0 Å². The van der Waals surface area contributed by atoms with Crippen molar-refractivity contribution in [1.29, 1.82) is 0 Å². The Morgan fingerprint density at radius 2 is 1.83 bits per heavy atom. The summed E-state index contributed by atoms with van der Waals surface area (Å²) >= 11 is 3.52. The van der Waals surface area contributed by atoms with Gasteiger partial charge in [0.2, 0.25) is 0 Å². The fraction of sp³-hybridized carbons (Fsp3) is 0.250. The summed E-state index contributed by atoms with van der Waals surface area (Å²) in [5.74, 6) is 0.509. The van der Waals surface area contributed by atoms with Gasteiger partial charge < -0.3 is 5.32 Å². The minimum absolute atomic E-state index is 0.509. The molecule has 2 heteroatoms. The summed E-state index contributed by atoms with van der Waals surface area (Å²) in [5, 5.41) is 3.49. The lowest BCUT2D eigenvalue weighted by Gasteiger charge is -2.14. The van der Waals surface area contributed by atoms with Gasteiger partial charge in [-0.25, -0.2) is 0 Å². The second-order valence-electron chi connectivity index (χ2n) is 4.66. The smallest absolute Gasteiger partial charge is 0.0343 e. The third-order valence-corrected chi connectivity index (χ3v) is 4.03.